The molecule has 0 saturated carbocycles. The Morgan fingerprint density at radius 2 is 2.18 bits per heavy atom. The molecule has 0 fully saturated rings. The van der Waals surface area contributed by atoms with Gasteiger partial charge < -0.3 is 10.2 Å². The van der Waals surface area contributed by atoms with Gasteiger partial charge in [-0.1, -0.05) is 13.8 Å². The van der Waals surface area contributed by atoms with Crippen LogP contribution in [0.1, 0.15) is 29.9 Å². The normalized spacial score (nSPS) is 13.1. The maximum absolute atomic E-state index is 12.0. The lowest BCUT2D eigenvalue weighted by atomic mass is 10.0. The minimum Gasteiger partial charge on any atom is -0.348 e. The van der Waals surface area contributed by atoms with E-state index in [-0.39, 0.29) is 11.9 Å². The van der Waals surface area contributed by atoms with Crippen LogP contribution in [-0.2, 0) is 0 Å². The van der Waals surface area contributed by atoms with Gasteiger partial charge in [0.1, 0.15) is 0 Å². The molecular formula is C12H22N4O. The number of H-pyrrole nitrogens is 1. The third kappa shape index (κ3) is 3.85. The number of carbonyl (C=O) groups is 1. The van der Waals surface area contributed by atoms with E-state index in [4.69, 9.17) is 0 Å². The molecule has 2 N–H and O–H groups in total. The van der Waals surface area contributed by atoms with Gasteiger partial charge in [0.05, 0.1) is 11.8 Å². The molecule has 5 heteroatoms. The quantitative estimate of drug-likeness (QED) is 0.805. The van der Waals surface area contributed by atoms with E-state index in [1.165, 1.54) is 0 Å². The Morgan fingerprint density at radius 1 is 1.53 bits per heavy atom. The maximum Gasteiger partial charge on any atom is 0.255 e. The summed E-state index contributed by atoms with van der Waals surface area (Å²) in [5.74, 6) is 0.338. The van der Waals surface area contributed by atoms with Crippen molar-refractivity contribution in [3.8, 4) is 0 Å². The number of amides is 1. The van der Waals surface area contributed by atoms with Crippen LogP contribution < -0.4 is 5.32 Å². The summed E-state index contributed by atoms with van der Waals surface area (Å²) in [4.78, 5) is 14.1. The molecule has 0 aliphatic carbocycles. The number of carbonyl (C=O) groups excluding carboxylic acids is 1. The lowest BCUT2D eigenvalue weighted by Gasteiger charge is -2.25. The molecule has 1 amide bonds. The lowest BCUT2D eigenvalue weighted by molar-refractivity contribution is 0.0916. The molecule has 17 heavy (non-hydrogen) atoms. The van der Waals surface area contributed by atoms with Crippen molar-refractivity contribution in [2.24, 2.45) is 5.92 Å². The Morgan fingerprint density at radius 3 is 2.59 bits per heavy atom. The average Bonchev–Trinajstić information content (AvgIpc) is 2.62. The number of nitrogens with zero attached hydrogens (tertiary/aromatic N) is 2. The van der Waals surface area contributed by atoms with E-state index in [2.05, 4.69) is 34.3 Å². The molecule has 5 nitrogen and oxygen atoms in total. The summed E-state index contributed by atoms with van der Waals surface area (Å²) in [6.07, 6.45) is 1.57. The molecule has 1 heterocycles. The van der Waals surface area contributed by atoms with Gasteiger partial charge in [0.2, 0.25) is 0 Å². The fourth-order valence-electron chi connectivity index (χ4n) is 1.64. The highest BCUT2D eigenvalue weighted by molar-refractivity contribution is 5.95. The Hall–Kier alpha value is -1.36. The number of hydrogen-bond acceptors (Lipinski definition) is 3. The number of aromatic amines is 1. The van der Waals surface area contributed by atoms with E-state index < -0.39 is 0 Å². The van der Waals surface area contributed by atoms with Crippen molar-refractivity contribution in [2.45, 2.75) is 26.8 Å². The monoisotopic (exact) mass is 238 g/mol. The molecule has 1 rings (SSSR count). The van der Waals surface area contributed by atoms with Gasteiger partial charge in [-0.2, -0.15) is 5.10 Å². The van der Waals surface area contributed by atoms with Gasteiger partial charge in [-0.05, 0) is 26.9 Å². The molecule has 0 saturated heterocycles. The molecule has 0 aromatic carbocycles. The molecule has 1 aromatic heterocycles. The van der Waals surface area contributed by atoms with Gasteiger partial charge in [0.25, 0.3) is 5.91 Å². The van der Waals surface area contributed by atoms with Crippen LogP contribution in [0.25, 0.3) is 0 Å². The predicted molar refractivity (Wildman–Crippen MR) is 68.0 cm³/mol. The first-order chi connectivity index (χ1) is 7.91. The average molecular weight is 238 g/mol. The van der Waals surface area contributed by atoms with Crippen LogP contribution in [0.15, 0.2) is 6.20 Å². The molecule has 0 aliphatic rings. The third-order valence-corrected chi connectivity index (χ3v) is 2.76. The van der Waals surface area contributed by atoms with E-state index in [9.17, 15) is 4.79 Å². The Labute approximate surface area is 103 Å². The van der Waals surface area contributed by atoms with Gasteiger partial charge in [-0.25, -0.2) is 0 Å². The smallest absolute Gasteiger partial charge is 0.255 e. The fourth-order valence-corrected chi connectivity index (χ4v) is 1.64. The lowest BCUT2D eigenvalue weighted by Crippen LogP contribution is -2.45. The van der Waals surface area contributed by atoms with Crippen molar-refractivity contribution in [1.29, 1.82) is 0 Å². The van der Waals surface area contributed by atoms with Crippen molar-refractivity contribution in [1.82, 2.24) is 20.4 Å². The van der Waals surface area contributed by atoms with Crippen molar-refractivity contribution >= 4 is 5.91 Å². The molecule has 0 radical (unpaired) electrons. The molecule has 1 unspecified atom stereocenters. The minimum absolute atomic E-state index is 0.0585. The Bertz CT molecular complexity index is 370. The number of likely N-dealkylation sites (N-methyl/N-ethyl adjacent to an activating group) is 1. The van der Waals surface area contributed by atoms with Gasteiger partial charge >= 0.3 is 0 Å². The molecule has 1 aromatic rings. The highest BCUT2D eigenvalue weighted by Gasteiger charge is 2.19. The number of hydrogen-bond donors (Lipinski definition) is 2. The van der Waals surface area contributed by atoms with Gasteiger partial charge in [-0.15, -0.1) is 0 Å². The largest absolute Gasteiger partial charge is 0.348 e. The second-order valence-corrected chi connectivity index (χ2v) is 4.99. The first-order valence-corrected chi connectivity index (χ1v) is 5.87. The minimum atomic E-state index is -0.0585. The van der Waals surface area contributed by atoms with Crippen LogP contribution in [0.4, 0.5) is 0 Å². The number of aryl methyl sites for hydroxylation is 1. The van der Waals surface area contributed by atoms with E-state index >= 15 is 0 Å². The Balaban J connectivity index is 2.68. The number of rotatable bonds is 5. The first-order valence-electron chi connectivity index (χ1n) is 5.87. The zero-order chi connectivity index (χ0) is 13.0. The third-order valence-electron chi connectivity index (χ3n) is 2.76. The van der Waals surface area contributed by atoms with Crippen LogP contribution in [0, 0.1) is 12.8 Å². The summed E-state index contributed by atoms with van der Waals surface area (Å²) >= 11 is 0. The predicted octanol–water partition coefficient (Wildman–Crippen LogP) is 1.03. The molecule has 96 valence electrons. The molecule has 1 atom stereocenters. The molecule has 0 spiro atoms. The summed E-state index contributed by atoms with van der Waals surface area (Å²) in [6, 6.07) is 0.145. The van der Waals surface area contributed by atoms with Crippen molar-refractivity contribution < 1.29 is 4.79 Å². The van der Waals surface area contributed by atoms with Crippen molar-refractivity contribution in [3.63, 3.8) is 0 Å². The summed E-state index contributed by atoms with van der Waals surface area (Å²) in [6.45, 7) is 6.89. The van der Waals surface area contributed by atoms with E-state index in [0.29, 0.717) is 11.5 Å². The molecular weight excluding hydrogens is 216 g/mol. The van der Waals surface area contributed by atoms with Gasteiger partial charge in [0, 0.05) is 18.3 Å². The van der Waals surface area contributed by atoms with Crippen LogP contribution in [0.5, 0.6) is 0 Å². The second kappa shape index (κ2) is 5.82. The van der Waals surface area contributed by atoms with Crippen molar-refractivity contribution in [2.75, 3.05) is 20.6 Å². The number of nitrogens with one attached hydrogen (secondary N) is 2. The summed E-state index contributed by atoms with van der Waals surface area (Å²) < 4.78 is 0. The van der Waals surface area contributed by atoms with Gasteiger partial charge in [0.15, 0.2) is 0 Å². The highest BCUT2D eigenvalue weighted by Crippen LogP contribution is 2.07. The zero-order valence-electron chi connectivity index (χ0n) is 11.2. The summed E-state index contributed by atoms with van der Waals surface area (Å²) in [5.41, 5.74) is 1.42. The van der Waals surface area contributed by atoms with Gasteiger partial charge in [-0.3, -0.25) is 9.89 Å². The number of aromatic nitrogens is 2. The van der Waals surface area contributed by atoms with E-state index in [1.807, 2.05) is 21.0 Å². The van der Waals surface area contributed by atoms with Crippen LogP contribution in [-0.4, -0.2) is 47.7 Å². The molecule has 0 aliphatic heterocycles. The Kier molecular flexibility index (Phi) is 4.69. The van der Waals surface area contributed by atoms with Crippen LogP contribution >= 0.6 is 0 Å². The summed E-state index contributed by atoms with van der Waals surface area (Å²) in [5, 5.41) is 9.68. The van der Waals surface area contributed by atoms with E-state index in [0.717, 1.165) is 12.2 Å². The first kappa shape index (κ1) is 13.7. The van der Waals surface area contributed by atoms with E-state index in [1.54, 1.807) is 6.20 Å². The van der Waals surface area contributed by atoms with Crippen LogP contribution in [0.2, 0.25) is 0 Å². The van der Waals surface area contributed by atoms with Crippen molar-refractivity contribution in [3.05, 3.63) is 17.5 Å². The highest BCUT2D eigenvalue weighted by atomic mass is 16.1. The van der Waals surface area contributed by atoms with Crippen LogP contribution in [0.3, 0.4) is 0 Å². The maximum atomic E-state index is 12.0. The SMILES string of the molecule is Cc1[nH]ncc1C(=O)NC(CN(C)C)C(C)C. The summed E-state index contributed by atoms with van der Waals surface area (Å²) in [7, 11) is 4.01. The fraction of sp³-hybridized carbons (Fsp3) is 0.667. The standard InChI is InChI=1S/C12H22N4O/c1-8(2)11(7-16(4)5)14-12(17)10-6-13-15-9(10)3/h6,8,11H,7H2,1-5H3,(H,13,15)(H,14,17). The molecule has 0 bridgehead atoms. The second-order valence-electron chi connectivity index (χ2n) is 4.99. The topological polar surface area (TPSA) is 61.0 Å². The zero-order valence-corrected chi connectivity index (χ0v) is 11.2.